The summed E-state index contributed by atoms with van der Waals surface area (Å²) >= 11 is 0. The summed E-state index contributed by atoms with van der Waals surface area (Å²) < 4.78 is 5.15. The first kappa shape index (κ1) is 14.2. The van der Waals surface area contributed by atoms with Gasteiger partial charge in [0.15, 0.2) is 12.4 Å². The van der Waals surface area contributed by atoms with Gasteiger partial charge in [0, 0.05) is 5.56 Å². The Morgan fingerprint density at radius 3 is 2.61 bits per heavy atom. The van der Waals surface area contributed by atoms with E-state index in [1.165, 1.54) is 16.7 Å². The molecule has 116 valence electrons. The average Bonchev–Trinajstić information content (AvgIpc) is 3.18. The van der Waals surface area contributed by atoms with Gasteiger partial charge in [-0.25, -0.2) is 0 Å². The summed E-state index contributed by atoms with van der Waals surface area (Å²) in [6.07, 6.45) is 1.79. The predicted octanol–water partition coefficient (Wildman–Crippen LogP) is 3.64. The van der Waals surface area contributed by atoms with Gasteiger partial charge in [0.25, 0.3) is 0 Å². The van der Waals surface area contributed by atoms with Gasteiger partial charge < -0.3 is 4.74 Å². The third-order valence-electron chi connectivity index (χ3n) is 4.88. The SMILES string of the molecule is C[C@H]1C[C@@H]1C(=O)OCC(=O)c1ccc2c(c1)-c1ccccc1C2. The zero-order valence-corrected chi connectivity index (χ0v) is 13.0. The lowest BCUT2D eigenvalue weighted by molar-refractivity contribution is -0.144. The van der Waals surface area contributed by atoms with Gasteiger partial charge in [-0.2, -0.15) is 0 Å². The normalized spacial score (nSPS) is 20.6. The number of hydrogen-bond donors (Lipinski definition) is 0. The Hall–Kier alpha value is -2.42. The van der Waals surface area contributed by atoms with E-state index in [4.69, 9.17) is 4.74 Å². The van der Waals surface area contributed by atoms with Crippen LogP contribution >= 0.6 is 0 Å². The highest BCUT2D eigenvalue weighted by atomic mass is 16.5. The Morgan fingerprint density at radius 1 is 1.09 bits per heavy atom. The molecule has 23 heavy (non-hydrogen) atoms. The molecule has 0 radical (unpaired) electrons. The number of Topliss-reactive ketones (excluding diaryl/α,β-unsaturated/α-hetero) is 1. The van der Waals surface area contributed by atoms with E-state index in [-0.39, 0.29) is 24.3 Å². The van der Waals surface area contributed by atoms with E-state index in [2.05, 4.69) is 12.1 Å². The topological polar surface area (TPSA) is 43.4 Å². The van der Waals surface area contributed by atoms with Crippen LogP contribution in [-0.4, -0.2) is 18.4 Å². The molecule has 0 unspecified atom stereocenters. The maximum Gasteiger partial charge on any atom is 0.309 e. The van der Waals surface area contributed by atoms with Crippen LogP contribution in [0.25, 0.3) is 11.1 Å². The molecule has 2 aromatic rings. The third kappa shape index (κ3) is 2.56. The number of ketones is 1. The van der Waals surface area contributed by atoms with Gasteiger partial charge in [0.2, 0.25) is 0 Å². The van der Waals surface area contributed by atoms with Crippen LogP contribution in [0.1, 0.15) is 34.8 Å². The van der Waals surface area contributed by atoms with Crippen LogP contribution in [0.4, 0.5) is 0 Å². The molecule has 1 fully saturated rings. The molecule has 1 saturated carbocycles. The number of hydrogen-bond acceptors (Lipinski definition) is 3. The second kappa shape index (κ2) is 5.34. The van der Waals surface area contributed by atoms with E-state index in [1.807, 2.05) is 37.3 Å². The Morgan fingerprint density at radius 2 is 1.83 bits per heavy atom. The zero-order valence-electron chi connectivity index (χ0n) is 13.0. The lowest BCUT2D eigenvalue weighted by Gasteiger charge is -2.06. The number of ether oxygens (including phenoxy) is 1. The molecule has 0 aliphatic heterocycles. The molecular formula is C20H18O3. The average molecular weight is 306 g/mol. The standard InChI is InChI=1S/C20H18O3/c1-12-8-17(12)20(22)23-11-19(21)15-7-6-14-9-13-4-2-3-5-16(13)18(14)10-15/h2-7,10,12,17H,8-9,11H2,1H3/t12-,17-/m0/s1. The van der Waals surface area contributed by atoms with Gasteiger partial charge in [0.05, 0.1) is 5.92 Å². The van der Waals surface area contributed by atoms with Crippen LogP contribution in [-0.2, 0) is 16.0 Å². The fraction of sp³-hybridized carbons (Fsp3) is 0.300. The fourth-order valence-electron chi connectivity index (χ4n) is 3.27. The van der Waals surface area contributed by atoms with Crippen molar-refractivity contribution in [2.75, 3.05) is 6.61 Å². The maximum atomic E-state index is 12.3. The number of carbonyl (C=O) groups is 2. The van der Waals surface area contributed by atoms with Crippen molar-refractivity contribution in [1.29, 1.82) is 0 Å². The second-order valence-corrected chi connectivity index (χ2v) is 6.56. The molecule has 2 aliphatic rings. The number of carbonyl (C=O) groups excluding carboxylic acids is 2. The minimum Gasteiger partial charge on any atom is -0.457 e. The largest absolute Gasteiger partial charge is 0.457 e. The summed E-state index contributed by atoms with van der Waals surface area (Å²) in [4.78, 5) is 24.0. The molecule has 4 rings (SSSR count). The quantitative estimate of drug-likeness (QED) is 0.546. The first-order valence-corrected chi connectivity index (χ1v) is 8.04. The van der Waals surface area contributed by atoms with Crippen molar-refractivity contribution in [1.82, 2.24) is 0 Å². The Kier molecular flexibility index (Phi) is 3.29. The molecule has 2 atom stereocenters. The minimum atomic E-state index is -0.239. The van der Waals surface area contributed by atoms with Crippen LogP contribution in [0.15, 0.2) is 42.5 Å². The number of fused-ring (bicyclic) bond motifs is 3. The monoisotopic (exact) mass is 306 g/mol. The van der Waals surface area contributed by atoms with Crippen LogP contribution in [0.2, 0.25) is 0 Å². The van der Waals surface area contributed by atoms with Crippen LogP contribution < -0.4 is 0 Å². The van der Waals surface area contributed by atoms with Gasteiger partial charge in [-0.05, 0) is 47.1 Å². The molecule has 0 aromatic heterocycles. The molecule has 0 amide bonds. The van der Waals surface area contributed by atoms with E-state index < -0.39 is 0 Å². The molecule has 0 heterocycles. The van der Waals surface area contributed by atoms with Gasteiger partial charge in [-0.3, -0.25) is 9.59 Å². The lowest BCUT2D eigenvalue weighted by Crippen LogP contribution is -2.15. The van der Waals surface area contributed by atoms with E-state index in [0.29, 0.717) is 11.5 Å². The van der Waals surface area contributed by atoms with Crippen molar-refractivity contribution in [3.05, 3.63) is 59.2 Å². The summed E-state index contributed by atoms with van der Waals surface area (Å²) in [5.41, 5.74) is 5.46. The molecule has 0 saturated heterocycles. The summed E-state index contributed by atoms with van der Waals surface area (Å²) in [6, 6.07) is 14.0. The lowest BCUT2D eigenvalue weighted by atomic mass is 10.0. The summed E-state index contributed by atoms with van der Waals surface area (Å²) in [6.45, 7) is 1.86. The molecule has 2 aliphatic carbocycles. The number of rotatable bonds is 4. The minimum absolute atomic E-state index is 0.00491. The molecule has 3 heteroatoms. The molecule has 0 bridgehead atoms. The molecule has 3 nitrogen and oxygen atoms in total. The highest BCUT2D eigenvalue weighted by molar-refractivity contribution is 5.99. The second-order valence-electron chi connectivity index (χ2n) is 6.56. The predicted molar refractivity (Wildman–Crippen MR) is 87.2 cm³/mol. The van der Waals surface area contributed by atoms with Gasteiger partial charge in [-0.1, -0.05) is 43.3 Å². The summed E-state index contributed by atoms with van der Waals surface area (Å²) in [7, 11) is 0. The maximum absolute atomic E-state index is 12.3. The molecule has 0 N–H and O–H groups in total. The van der Waals surface area contributed by atoms with Crippen molar-refractivity contribution in [3.8, 4) is 11.1 Å². The first-order chi connectivity index (χ1) is 11.1. The Bertz CT molecular complexity index is 806. The smallest absolute Gasteiger partial charge is 0.309 e. The van der Waals surface area contributed by atoms with E-state index >= 15 is 0 Å². The van der Waals surface area contributed by atoms with E-state index in [9.17, 15) is 9.59 Å². The van der Waals surface area contributed by atoms with Gasteiger partial charge >= 0.3 is 5.97 Å². The van der Waals surface area contributed by atoms with Crippen LogP contribution in [0.5, 0.6) is 0 Å². The van der Waals surface area contributed by atoms with Crippen molar-refractivity contribution < 1.29 is 14.3 Å². The highest BCUT2D eigenvalue weighted by Gasteiger charge is 2.40. The van der Waals surface area contributed by atoms with Crippen molar-refractivity contribution in [2.24, 2.45) is 11.8 Å². The Balaban J connectivity index is 1.50. The number of benzene rings is 2. The summed E-state index contributed by atoms with van der Waals surface area (Å²) in [5, 5.41) is 0. The van der Waals surface area contributed by atoms with Crippen molar-refractivity contribution in [2.45, 2.75) is 19.8 Å². The Labute approximate surface area is 135 Å². The first-order valence-electron chi connectivity index (χ1n) is 8.04. The highest BCUT2D eigenvalue weighted by Crippen LogP contribution is 2.39. The van der Waals surface area contributed by atoms with Crippen LogP contribution in [0.3, 0.4) is 0 Å². The van der Waals surface area contributed by atoms with Crippen molar-refractivity contribution >= 4 is 11.8 Å². The van der Waals surface area contributed by atoms with Crippen molar-refractivity contribution in [3.63, 3.8) is 0 Å². The van der Waals surface area contributed by atoms with Crippen LogP contribution in [0, 0.1) is 11.8 Å². The van der Waals surface area contributed by atoms with Gasteiger partial charge in [-0.15, -0.1) is 0 Å². The third-order valence-corrected chi connectivity index (χ3v) is 4.88. The molecule has 2 aromatic carbocycles. The molecule has 0 spiro atoms. The summed E-state index contributed by atoms with van der Waals surface area (Å²) in [5.74, 6) is 0.0139. The van der Waals surface area contributed by atoms with E-state index in [1.54, 1.807) is 0 Å². The number of esters is 1. The van der Waals surface area contributed by atoms with Gasteiger partial charge in [0.1, 0.15) is 0 Å². The zero-order chi connectivity index (χ0) is 16.0. The molecular weight excluding hydrogens is 288 g/mol. The van der Waals surface area contributed by atoms with E-state index in [0.717, 1.165) is 18.4 Å². The fourth-order valence-corrected chi connectivity index (χ4v) is 3.27.